The van der Waals surface area contributed by atoms with Crippen LogP contribution in [0.5, 0.6) is 0 Å². The molecule has 3 amide bonds. The van der Waals surface area contributed by atoms with E-state index in [4.69, 9.17) is 23.2 Å². The second-order valence-corrected chi connectivity index (χ2v) is 5.99. The summed E-state index contributed by atoms with van der Waals surface area (Å²) >= 11 is 11.8. The smallest absolute Gasteiger partial charge is 0.329 e. The minimum absolute atomic E-state index is 0.131. The second kappa shape index (κ2) is 6.10. The number of benzene rings is 1. The summed E-state index contributed by atoms with van der Waals surface area (Å²) < 4.78 is 1.86. The number of aryl methyl sites for hydroxylation is 1. The zero-order valence-electron chi connectivity index (χ0n) is 12.2. The molecule has 0 saturated carbocycles. The van der Waals surface area contributed by atoms with Crippen molar-refractivity contribution in [1.29, 1.82) is 0 Å². The average molecular weight is 350 g/mol. The maximum absolute atomic E-state index is 12.4. The summed E-state index contributed by atoms with van der Waals surface area (Å²) in [6.45, 7) is 0.131. The summed E-state index contributed by atoms with van der Waals surface area (Å²) in [4.78, 5) is 25.6. The Hall–Kier alpha value is -2.24. The lowest BCUT2D eigenvalue weighted by Gasteiger charge is -2.12. The number of imide groups is 1. The zero-order chi connectivity index (χ0) is 16.6. The van der Waals surface area contributed by atoms with Crippen molar-refractivity contribution in [2.24, 2.45) is 7.05 Å². The van der Waals surface area contributed by atoms with Crippen LogP contribution in [0.25, 0.3) is 6.08 Å². The first-order valence-corrected chi connectivity index (χ1v) is 7.61. The highest BCUT2D eigenvalue weighted by Crippen LogP contribution is 2.24. The number of urea groups is 1. The summed E-state index contributed by atoms with van der Waals surface area (Å²) in [5.74, 6) is -0.373. The summed E-state index contributed by atoms with van der Waals surface area (Å²) in [6, 6.07) is 8.27. The van der Waals surface area contributed by atoms with Crippen LogP contribution in [0, 0.1) is 0 Å². The Balaban J connectivity index is 1.83. The molecule has 0 radical (unpaired) electrons. The van der Waals surface area contributed by atoms with Crippen LogP contribution in [0.1, 0.15) is 11.3 Å². The van der Waals surface area contributed by atoms with Crippen LogP contribution >= 0.6 is 23.2 Å². The molecule has 1 fully saturated rings. The van der Waals surface area contributed by atoms with Gasteiger partial charge in [-0.15, -0.1) is 0 Å². The number of halogens is 2. The summed E-state index contributed by atoms with van der Waals surface area (Å²) in [6.07, 6.45) is 3.51. The van der Waals surface area contributed by atoms with Crippen LogP contribution in [-0.2, 0) is 18.4 Å². The molecule has 1 saturated heterocycles. The molecule has 3 rings (SSSR count). The Morgan fingerprint density at radius 2 is 1.96 bits per heavy atom. The predicted octanol–water partition coefficient (Wildman–Crippen LogP) is 3.42. The molecule has 0 unspecified atom stereocenters. The van der Waals surface area contributed by atoms with E-state index in [2.05, 4.69) is 5.32 Å². The van der Waals surface area contributed by atoms with E-state index in [9.17, 15) is 9.59 Å². The third-order valence-corrected chi connectivity index (χ3v) is 4.30. The van der Waals surface area contributed by atoms with Gasteiger partial charge in [-0.25, -0.2) is 4.79 Å². The number of carbonyl (C=O) groups is 2. The molecule has 7 heteroatoms. The lowest BCUT2D eigenvalue weighted by Crippen LogP contribution is -2.30. The van der Waals surface area contributed by atoms with Gasteiger partial charge in [0, 0.05) is 18.9 Å². The van der Waals surface area contributed by atoms with Gasteiger partial charge >= 0.3 is 6.03 Å². The average Bonchev–Trinajstić information content (AvgIpc) is 3.02. The maximum Gasteiger partial charge on any atom is 0.329 e. The molecule has 0 atom stereocenters. The lowest BCUT2D eigenvalue weighted by atomic mass is 10.2. The number of carbonyl (C=O) groups excluding carboxylic acids is 2. The van der Waals surface area contributed by atoms with E-state index in [0.29, 0.717) is 10.0 Å². The first-order valence-electron chi connectivity index (χ1n) is 6.85. The topological polar surface area (TPSA) is 54.3 Å². The number of nitrogens with zero attached hydrogens (tertiary/aromatic N) is 2. The van der Waals surface area contributed by atoms with Crippen LogP contribution in [0.15, 0.2) is 42.2 Å². The van der Waals surface area contributed by atoms with Gasteiger partial charge in [-0.2, -0.15) is 0 Å². The van der Waals surface area contributed by atoms with Crippen LogP contribution in [0.4, 0.5) is 4.79 Å². The summed E-state index contributed by atoms with van der Waals surface area (Å²) in [5.41, 5.74) is 1.80. The SMILES string of the molecule is Cn1cccc1/C=C1\NC(=O)N(Cc2ccc(Cl)c(Cl)c2)C1=O. The molecule has 118 valence electrons. The van der Waals surface area contributed by atoms with E-state index in [0.717, 1.165) is 16.2 Å². The number of rotatable bonds is 3. The van der Waals surface area contributed by atoms with E-state index in [1.54, 1.807) is 24.3 Å². The number of amides is 3. The monoisotopic (exact) mass is 349 g/mol. The molecule has 0 bridgehead atoms. The normalized spacial score (nSPS) is 16.3. The van der Waals surface area contributed by atoms with Gasteiger partial charge in [0.2, 0.25) is 0 Å². The largest absolute Gasteiger partial charge is 0.351 e. The Bertz CT molecular complexity index is 826. The molecule has 1 N–H and O–H groups in total. The Labute approximate surface area is 143 Å². The van der Waals surface area contributed by atoms with Gasteiger partial charge in [0.25, 0.3) is 5.91 Å². The van der Waals surface area contributed by atoms with Crippen molar-refractivity contribution in [3.63, 3.8) is 0 Å². The van der Waals surface area contributed by atoms with Crippen molar-refractivity contribution in [1.82, 2.24) is 14.8 Å². The second-order valence-electron chi connectivity index (χ2n) is 5.17. The van der Waals surface area contributed by atoms with E-state index >= 15 is 0 Å². The van der Waals surface area contributed by atoms with E-state index < -0.39 is 6.03 Å². The van der Waals surface area contributed by atoms with Gasteiger partial charge < -0.3 is 9.88 Å². The molecular formula is C16H13Cl2N3O2. The van der Waals surface area contributed by atoms with Gasteiger partial charge in [0.05, 0.1) is 16.6 Å². The molecule has 1 aliphatic rings. The van der Waals surface area contributed by atoms with Gasteiger partial charge in [0.15, 0.2) is 0 Å². The first-order chi connectivity index (χ1) is 11.0. The highest BCUT2D eigenvalue weighted by molar-refractivity contribution is 6.42. The summed E-state index contributed by atoms with van der Waals surface area (Å²) in [7, 11) is 1.86. The molecule has 2 heterocycles. The molecule has 2 aromatic rings. The lowest BCUT2D eigenvalue weighted by molar-refractivity contribution is -0.123. The van der Waals surface area contributed by atoms with E-state index in [-0.39, 0.29) is 18.1 Å². The van der Waals surface area contributed by atoms with E-state index in [1.165, 1.54) is 0 Å². The van der Waals surface area contributed by atoms with Crippen molar-refractivity contribution in [3.05, 3.63) is 63.5 Å². The van der Waals surface area contributed by atoms with Gasteiger partial charge in [-0.05, 0) is 35.9 Å². The molecule has 5 nitrogen and oxygen atoms in total. The first kappa shape index (κ1) is 15.6. The van der Waals surface area contributed by atoms with Crippen molar-refractivity contribution < 1.29 is 9.59 Å². The molecule has 0 spiro atoms. The third-order valence-electron chi connectivity index (χ3n) is 3.56. The minimum Gasteiger partial charge on any atom is -0.351 e. The van der Waals surface area contributed by atoms with Gasteiger partial charge in [-0.1, -0.05) is 29.3 Å². The third kappa shape index (κ3) is 3.11. The number of aromatic nitrogens is 1. The fraction of sp³-hybridized carbons (Fsp3) is 0.125. The molecule has 0 aliphatic carbocycles. The predicted molar refractivity (Wildman–Crippen MR) is 88.9 cm³/mol. The van der Waals surface area contributed by atoms with Gasteiger partial charge in [0.1, 0.15) is 5.70 Å². The molecule has 1 aliphatic heterocycles. The highest BCUT2D eigenvalue weighted by Gasteiger charge is 2.33. The quantitative estimate of drug-likeness (QED) is 0.681. The molecule has 1 aromatic heterocycles. The van der Waals surface area contributed by atoms with Crippen molar-refractivity contribution in [2.45, 2.75) is 6.54 Å². The fourth-order valence-electron chi connectivity index (χ4n) is 2.31. The van der Waals surface area contributed by atoms with Crippen LogP contribution < -0.4 is 5.32 Å². The maximum atomic E-state index is 12.4. The Morgan fingerprint density at radius 1 is 1.17 bits per heavy atom. The van der Waals surface area contributed by atoms with Crippen molar-refractivity contribution >= 4 is 41.2 Å². The molecule has 1 aromatic carbocycles. The highest BCUT2D eigenvalue weighted by atomic mass is 35.5. The number of hydrogen-bond donors (Lipinski definition) is 1. The van der Waals surface area contributed by atoms with Crippen molar-refractivity contribution in [3.8, 4) is 0 Å². The standard InChI is InChI=1S/C16H13Cl2N3O2/c1-20-6-2-3-11(20)8-14-15(22)21(16(23)19-14)9-10-4-5-12(17)13(18)7-10/h2-8H,9H2,1H3,(H,19,23)/b14-8-. The Kier molecular flexibility index (Phi) is 4.15. The zero-order valence-corrected chi connectivity index (χ0v) is 13.7. The van der Waals surface area contributed by atoms with E-state index in [1.807, 2.05) is 29.9 Å². The van der Waals surface area contributed by atoms with Crippen LogP contribution in [0.2, 0.25) is 10.0 Å². The minimum atomic E-state index is -0.457. The molecular weight excluding hydrogens is 337 g/mol. The van der Waals surface area contributed by atoms with Crippen LogP contribution in [0.3, 0.4) is 0 Å². The van der Waals surface area contributed by atoms with Crippen LogP contribution in [-0.4, -0.2) is 21.4 Å². The van der Waals surface area contributed by atoms with Crippen molar-refractivity contribution in [2.75, 3.05) is 0 Å². The summed E-state index contributed by atoms with van der Waals surface area (Å²) in [5, 5.41) is 3.40. The molecule has 23 heavy (non-hydrogen) atoms. The fourth-order valence-corrected chi connectivity index (χ4v) is 2.63. The number of nitrogens with one attached hydrogen (secondary N) is 1. The van der Waals surface area contributed by atoms with Gasteiger partial charge in [-0.3, -0.25) is 9.69 Å². The Morgan fingerprint density at radius 3 is 2.61 bits per heavy atom. The number of hydrogen-bond acceptors (Lipinski definition) is 2.